The molecule has 0 atom stereocenters. The first-order chi connectivity index (χ1) is 39.2. The van der Waals surface area contributed by atoms with E-state index in [1.165, 1.54) is 0 Å². The predicted octanol–water partition coefficient (Wildman–Crippen LogP) is 14.5. The van der Waals surface area contributed by atoms with Crippen LogP contribution >= 0.6 is 0 Å². The number of aromatic nitrogens is 3. The van der Waals surface area contributed by atoms with Crippen LogP contribution in [0.3, 0.4) is 0 Å². The van der Waals surface area contributed by atoms with Crippen molar-refractivity contribution in [1.29, 1.82) is 47.4 Å². The van der Waals surface area contributed by atoms with Crippen molar-refractivity contribution in [3.05, 3.63) is 232 Å². The Labute approximate surface area is 456 Å². The highest BCUT2D eigenvalue weighted by molar-refractivity contribution is 6.14. The maximum Gasteiger partial charge on any atom is 0.0998 e. The third-order valence-electron chi connectivity index (χ3n) is 14.3. The van der Waals surface area contributed by atoms with Crippen LogP contribution in [0.25, 0.3) is 111 Å². The van der Waals surface area contributed by atoms with E-state index in [0.717, 1.165) is 65.9 Å². The van der Waals surface area contributed by atoms with Crippen molar-refractivity contribution < 1.29 is 0 Å². The Morgan fingerprint density at radius 3 is 0.812 bits per heavy atom. The fourth-order valence-electron chi connectivity index (χ4n) is 10.8. The zero-order valence-corrected chi connectivity index (χ0v) is 41.7. The zero-order valence-electron chi connectivity index (χ0n) is 41.7. The van der Waals surface area contributed by atoms with Crippen LogP contribution in [0.5, 0.6) is 0 Å². The van der Waals surface area contributed by atoms with Crippen molar-refractivity contribution in [3.8, 4) is 122 Å². The van der Waals surface area contributed by atoms with Crippen LogP contribution < -0.4 is 0 Å². The molecule has 12 heteroatoms. The van der Waals surface area contributed by atoms with Crippen LogP contribution in [0, 0.1) is 102 Å². The molecule has 0 bridgehead atoms. The normalized spacial score (nSPS) is 10.6. The summed E-state index contributed by atoms with van der Waals surface area (Å²) >= 11 is 0. The third kappa shape index (κ3) is 8.08. The molecule has 0 unspecified atom stereocenters. The van der Waals surface area contributed by atoms with Crippen molar-refractivity contribution in [1.82, 2.24) is 14.1 Å². The highest BCUT2D eigenvalue weighted by Gasteiger charge is 2.25. The summed E-state index contributed by atoms with van der Waals surface area (Å²) < 4.78 is 4.20. The standard InChI is InChI=1S/C68H30N12/c69-29-40-13-41(30-70)18-53(17-40)48-5-9-62-58(25-48)59-26-49(54-19-42(31-71)14-43(20-54)32-72)6-10-63(59)79(62)66-38-78-39-67(68(66)57-4-2-1-3-52(57)37-77)80-64-11-7-50(55-21-44(33-73)15-45(22-55)34-74)27-60(64)61-28-51(8-12-65(61)80)56-23-46(35-75)16-47(24-56)36-76/h1-28,38-39H. The molecule has 0 aliphatic carbocycles. The van der Waals surface area contributed by atoms with Gasteiger partial charge >= 0.3 is 0 Å². The Balaban J connectivity index is 1.18. The van der Waals surface area contributed by atoms with Gasteiger partial charge in [0, 0.05) is 32.7 Å². The average molecular weight is 1020 g/mol. The quantitative estimate of drug-likeness (QED) is 0.146. The van der Waals surface area contributed by atoms with E-state index in [0.29, 0.717) is 94.8 Å². The highest BCUT2D eigenvalue weighted by atomic mass is 15.0. The molecule has 9 aromatic carbocycles. The van der Waals surface area contributed by atoms with E-state index < -0.39 is 0 Å². The van der Waals surface area contributed by atoms with E-state index in [-0.39, 0.29) is 0 Å². The second kappa shape index (κ2) is 19.4. The molecular formula is C68H30N12. The summed E-state index contributed by atoms with van der Waals surface area (Å²) in [5, 5.41) is 93.8. The van der Waals surface area contributed by atoms with E-state index in [1.807, 2.05) is 91.0 Å². The summed E-state index contributed by atoms with van der Waals surface area (Å²) in [6.45, 7) is 0. The van der Waals surface area contributed by atoms with Gasteiger partial charge in [-0.3, -0.25) is 4.98 Å². The van der Waals surface area contributed by atoms with E-state index in [4.69, 9.17) is 4.98 Å². The van der Waals surface area contributed by atoms with Gasteiger partial charge in [-0.1, -0.05) is 42.5 Å². The lowest BCUT2D eigenvalue weighted by Gasteiger charge is -2.20. The third-order valence-corrected chi connectivity index (χ3v) is 14.3. The Kier molecular flexibility index (Phi) is 11.7. The monoisotopic (exact) mass is 1010 g/mol. The molecule has 0 saturated carbocycles. The second-order valence-electron chi connectivity index (χ2n) is 18.9. The largest absolute Gasteiger partial charge is 0.307 e. The molecule has 0 saturated heterocycles. The van der Waals surface area contributed by atoms with Gasteiger partial charge < -0.3 is 9.13 Å². The Morgan fingerprint density at radius 1 is 0.275 bits per heavy atom. The van der Waals surface area contributed by atoms with Gasteiger partial charge in [0.2, 0.25) is 0 Å². The van der Waals surface area contributed by atoms with Crippen LogP contribution in [-0.4, -0.2) is 14.1 Å². The summed E-state index contributed by atoms with van der Waals surface area (Å²) in [6.07, 6.45) is 3.54. The van der Waals surface area contributed by atoms with Crippen LogP contribution in [0.15, 0.2) is 182 Å². The SMILES string of the molecule is N#Cc1cc(C#N)cc(-c2ccc3c(c2)c2cc(-c4cc(C#N)cc(C#N)c4)ccc2n3-c2cncc(-n3c4ccc(-c5cc(C#N)cc(C#N)c5)cc4c4cc(-c5cc(C#N)cc(C#N)c5)ccc43)c2-c2ccccc2C#N)c1. The number of benzene rings is 9. The van der Waals surface area contributed by atoms with Crippen LogP contribution in [-0.2, 0) is 0 Å². The van der Waals surface area contributed by atoms with E-state index in [2.05, 4.69) is 63.8 Å². The minimum absolute atomic E-state index is 0.332. The maximum absolute atomic E-state index is 10.9. The number of fused-ring (bicyclic) bond motifs is 6. The summed E-state index contributed by atoms with van der Waals surface area (Å²) in [7, 11) is 0. The first kappa shape index (κ1) is 48.1. The number of rotatable bonds is 7. The Bertz CT molecular complexity index is 4460. The molecule has 0 aliphatic heterocycles. The van der Waals surface area contributed by atoms with Crippen molar-refractivity contribution in [3.63, 3.8) is 0 Å². The molecule has 0 fully saturated rings. The molecule has 12 aromatic rings. The molecule has 3 heterocycles. The smallest absolute Gasteiger partial charge is 0.0998 e. The molecular weight excluding hydrogens is 985 g/mol. The lowest BCUT2D eigenvalue weighted by atomic mass is 9.97. The molecule has 3 aromatic heterocycles. The lowest BCUT2D eigenvalue weighted by molar-refractivity contribution is 1.09. The number of pyridine rings is 1. The van der Waals surface area contributed by atoms with E-state index in [9.17, 15) is 47.4 Å². The van der Waals surface area contributed by atoms with Gasteiger partial charge in [0.15, 0.2) is 0 Å². The van der Waals surface area contributed by atoms with Crippen molar-refractivity contribution >= 4 is 43.6 Å². The number of nitriles is 9. The minimum Gasteiger partial charge on any atom is -0.307 e. The van der Waals surface area contributed by atoms with Gasteiger partial charge in [-0.05, 0) is 172 Å². The average Bonchev–Trinajstić information content (AvgIpc) is 4.25. The van der Waals surface area contributed by atoms with Crippen LogP contribution in [0.2, 0.25) is 0 Å². The molecule has 0 N–H and O–H groups in total. The van der Waals surface area contributed by atoms with Crippen molar-refractivity contribution in [2.45, 2.75) is 0 Å². The fourth-order valence-corrected chi connectivity index (χ4v) is 10.8. The van der Waals surface area contributed by atoms with Gasteiger partial charge in [0.1, 0.15) is 0 Å². The summed E-state index contributed by atoms with van der Waals surface area (Å²) in [6, 6.07) is 71.1. The number of nitrogens with zero attached hydrogens (tertiary/aromatic N) is 12. The molecule has 362 valence electrons. The molecule has 0 aliphatic rings. The van der Waals surface area contributed by atoms with Gasteiger partial charge in [0.25, 0.3) is 0 Å². The molecule has 0 radical (unpaired) electrons. The van der Waals surface area contributed by atoms with Crippen molar-refractivity contribution in [2.75, 3.05) is 0 Å². The summed E-state index contributed by atoms with van der Waals surface area (Å²) in [4.78, 5) is 5.01. The predicted molar refractivity (Wildman–Crippen MR) is 303 cm³/mol. The molecule has 12 rings (SSSR count). The first-order valence-electron chi connectivity index (χ1n) is 24.7. The van der Waals surface area contributed by atoms with Gasteiger partial charge in [0.05, 0.1) is 151 Å². The van der Waals surface area contributed by atoms with Gasteiger partial charge in [-0.15, -0.1) is 0 Å². The van der Waals surface area contributed by atoms with Crippen LogP contribution in [0.4, 0.5) is 0 Å². The zero-order chi connectivity index (χ0) is 55.2. The first-order valence-corrected chi connectivity index (χ1v) is 24.7. The second-order valence-corrected chi connectivity index (χ2v) is 18.9. The lowest BCUT2D eigenvalue weighted by Crippen LogP contribution is -2.05. The van der Waals surface area contributed by atoms with Crippen molar-refractivity contribution in [2.24, 2.45) is 0 Å². The highest BCUT2D eigenvalue weighted by Crippen LogP contribution is 2.45. The summed E-state index contributed by atoms with van der Waals surface area (Å²) in [5.41, 5.74) is 14.2. The van der Waals surface area contributed by atoms with Crippen LogP contribution in [0.1, 0.15) is 50.1 Å². The maximum atomic E-state index is 10.9. The van der Waals surface area contributed by atoms with Gasteiger partial charge in [-0.25, -0.2) is 0 Å². The van der Waals surface area contributed by atoms with Gasteiger partial charge in [-0.2, -0.15) is 47.4 Å². The topological polar surface area (TPSA) is 237 Å². The van der Waals surface area contributed by atoms with E-state index >= 15 is 0 Å². The molecule has 0 spiro atoms. The Hall–Kier alpha value is -12.9. The molecule has 12 nitrogen and oxygen atoms in total. The summed E-state index contributed by atoms with van der Waals surface area (Å²) in [5.74, 6) is 0. The number of hydrogen-bond acceptors (Lipinski definition) is 10. The molecule has 80 heavy (non-hydrogen) atoms. The Morgan fingerprint density at radius 2 is 0.550 bits per heavy atom. The molecule has 0 amide bonds. The minimum atomic E-state index is 0.332. The fraction of sp³-hybridized carbons (Fsp3) is 0. The van der Waals surface area contributed by atoms with E-state index in [1.54, 1.807) is 91.3 Å². The number of hydrogen-bond donors (Lipinski definition) is 0.